The Hall–Kier alpha value is -5.74. The summed E-state index contributed by atoms with van der Waals surface area (Å²) in [6, 6.07) is 48.0. The molecule has 9 aromatic rings. The van der Waals surface area contributed by atoms with E-state index in [1.54, 1.807) is 0 Å². The molecule has 2 aliphatic heterocycles. The maximum atomic E-state index is 6.84. The molecule has 0 spiro atoms. The molecule has 0 unspecified atom stereocenters. The maximum Gasteiger partial charge on any atom is 0.333 e. The molecule has 2 aliphatic rings. The first-order valence-corrected chi connectivity index (χ1v) is 19.2. The summed E-state index contributed by atoms with van der Waals surface area (Å²) in [5.74, 6) is 0. The molecule has 2 aromatic heterocycles. The van der Waals surface area contributed by atoms with Crippen LogP contribution in [0, 0.1) is 0 Å². The van der Waals surface area contributed by atoms with Crippen LogP contribution in [0.1, 0.15) is 50.7 Å². The number of rotatable bonds is 7. The van der Waals surface area contributed by atoms with E-state index < -0.39 is 0 Å². The van der Waals surface area contributed by atoms with E-state index in [9.17, 15) is 0 Å². The molecule has 0 radical (unpaired) electrons. The minimum absolute atomic E-state index is 0.0148. The smallest absolute Gasteiger partial charge is 0.333 e. The van der Waals surface area contributed by atoms with Crippen LogP contribution in [0.5, 0.6) is 0 Å². The van der Waals surface area contributed by atoms with Crippen LogP contribution in [0.2, 0.25) is 0 Å². The average molecular weight is 671 g/mol. The number of aromatic nitrogens is 1. The second-order valence-corrected chi connectivity index (χ2v) is 14.9. The Morgan fingerprint density at radius 3 is 2.13 bits per heavy atom. The topological polar surface area (TPSA) is 21.3 Å². The highest BCUT2D eigenvalue weighted by Gasteiger charge is 2.44. The van der Waals surface area contributed by atoms with Gasteiger partial charge in [0.2, 0.25) is 0 Å². The second kappa shape index (κ2) is 11.4. The van der Waals surface area contributed by atoms with Gasteiger partial charge >= 0.3 is 6.85 Å². The molecule has 0 fully saturated rings. The Bertz CT molecular complexity index is 2890. The molecule has 7 aromatic carbocycles. The summed E-state index contributed by atoms with van der Waals surface area (Å²) in [6.45, 7) is 4.58. The van der Waals surface area contributed by atoms with Crippen LogP contribution in [-0.4, -0.2) is 11.3 Å². The van der Waals surface area contributed by atoms with Crippen LogP contribution in [-0.2, 0) is 12.8 Å². The van der Waals surface area contributed by atoms with E-state index >= 15 is 0 Å². The number of para-hydroxylation sites is 3. The van der Waals surface area contributed by atoms with Crippen molar-refractivity contribution in [2.45, 2.75) is 52.4 Å². The number of fused-ring (bicyclic) bond motifs is 13. The van der Waals surface area contributed by atoms with Crippen molar-refractivity contribution in [3.05, 3.63) is 139 Å². The fourth-order valence-electron chi connectivity index (χ4n) is 9.63. The van der Waals surface area contributed by atoms with Gasteiger partial charge in [-0.3, -0.25) is 0 Å². The first-order chi connectivity index (χ1) is 25.7. The number of hydrogen-bond donors (Lipinski definition) is 0. The fourth-order valence-corrected chi connectivity index (χ4v) is 9.63. The molecular formula is C48H39BN2O. The lowest BCUT2D eigenvalue weighted by Crippen LogP contribution is -2.56. The summed E-state index contributed by atoms with van der Waals surface area (Å²) in [5.41, 5.74) is 16.3. The Morgan fingerprint density at radius 1 is 0.615 bits per heavy atom. The number of unbranched alkanes of at least 4 members (excludes halogenated alkanes) is 2. The van der Waals surface area contributed by atoms with Gasteiger partial charge in [0, 0.05) is 61.0 Å². The van der Waals surface area contributed by atoms with Crippen molar-refractivity contribution in [1.82, 2.24) is 4.48 Å². The monoisotopic (exact) mass is 670 g/mol. The van der Waals surface area contributed by atoms with E-state index in [1.807, 2.05) is 0 Å². The Balaban J connectivity index is 1.34. The number of benzene rings is 7. The predicted molar refractivity (Wildman–Crippen MR) is 222 cm³/mol. The third-order valence-corrected chi connectivity index (χ3v) is 11.8. The van der Waals surface area contributed by atoms with Crippen molar-refractivity contribution in [2.24, 2.45) is 0 Å². The minimum Gasteiger partial charge on any atom is -0.456 e. The van der Waals surface area contributed by atoms with Crippen molar-refractivity contribution in [3.63, 3.8) is 0 Å². The molecule has 4 heteroatoms. The third-order valence-electron chi connectivity index (χ3n) is 11.8. The summed E-state index contributed by atoms with van der Waals surface area (Å²) in [7, 11) is 0. The van der Waals surface area contributed by atoms with Gasteiger partial charge in [-0.2, -0.15) is 0 Å². The minimum atomic E-state index is -0.0148. The van der Waals surface area contributed by atoms with E-state index in [2.05, 4.69) is 151 Å². The molecule has 0 saturated heterocycles. The number of furan rings is 1. The molecule has 0 N–H and O–H groups in total. The summed E-state index contributed by atoms with van der Waals surface area (Å²) in [4.78, 5) is 2.61. The van der Waals surface area contributed by atoms with Crippen molar-refractivity contribution in [3.8, 4) is 11.1 Å². The summed E-state index contributed by atoms with van der Waals surface area (Å²) in [6.07, 6.45) is 6.91. The van der Waals surface area contributed by atoms with Gasteiger partial charge in [-0.1, -0.05) is 124 Å². The Labute approximate surface area is 304 Å². The highest BCUT2D eigenvalue weighted by atomic mass is 16.3. The zero-order chi connectivity index (χ0) is 34.5. The van der Waals surface area contributed by atoms with Crippen LogP contribution < -0.4 is 15.8 Å². The number of anilines is 3. The lowest BCUT2D eigenvalue weighted by atomic mass is 9.44. The molecular weight excluding hydrogens is 631 g/mol. The van der Waals surface area contributed by atoms with E-state index in [4.69, 9.17) is 4.42 Å². The van der Waals surface area contributed by atoms with E-state index in [1.165, 1.54) is 119 Å². The van der Waals surface area contributed by atoms with Crippen LogP contribution >= 0.6 is 0 Å². The highest BCUT2D eigenvalue weighted by molar-refractivity contribution is 6.90. The largest absolute Gasteiger partial charge is 0.456 e. The van der Waals surface area contributed by atoms with Crippen LogP contribution in [0.15, 0.2) is 132 Å². The van der Waals surface area contributed by atoms with Crippen molar-refractivity contribution in [1.29, 1.82) is 0 Å². The first-order valence-electron chi connectivity index (χ1n) is 19.2. The zero-order valence-electron chi connectivity index (χ0n) is 29.7. The summed E-state index contributed by atoms with van der Waals surface area (Å²) >= 11 is 0. The van der Waals surface area contributed by atoms with Gasteiger partial charge in [0.05, 0.1) is 5.69 Å². The standard InChI is InChI=1S/C48H39BN2O/c1-3-5-14-30-26-31(15-6-4-2)28-33(27-30)50-41-29-43-44(37-19-10-12-23-42(37)52-43)45-38-21-13-20-36-35-18-9-11-22-40(35)51(47(36)38)49(46(41)45)39-25-24-32-16-7-8-17-34(32)48(39)50/h7-13,16-29H,3-6,14-15H2,1-2H3. The van der Waals surface area contributed by atoms with Gasteiger partial charge in [0.15, 0.2) is 0 Å². The van der Waals surface area contributed by atoms with Gasteiger partial charge in [0.25, 0.3) is 0 Å². The fraction of sp³-hybridized carbons (Fsp3) is 0.167. The van der Waals surface area contributed by atoms with Gasteiger partial charge in [-0.15, -0.1) is 0 Å². The summed E-state index contributed by atoms with van der Waals surface area (Å²) in [5, 5.41) is 7.53. The SMILES string of the molecule is CCCCc1cc(CCCC)cc(N2c3cc4oc5ccccc5c4c4c3B(c3ccc5ccccc5c32)n2c3ccccc3c3cccc-4c32)c1. The molecule has 52 heavy (non-hydrogen) atoms. The van der Waals surface area contributed by atoms with Crippen LogP contribution in [0.25, 0.3) is 65.6 Å². The van der Waals surface area contributed by atoms with Gasteiger partial charge in [-0.05, 0) is 83.0 Å². The molecule has 11 rings (SSSR count). The normalized spacial score (nSPS) is 13.2. The quantitative estimate of drug-likeness (QED) is 0.157. The number of hydrogen-bond acceptors (Lipinski definition) is 2. The molecule has 4 heterocycles. The van der Waals surface area contributed by atoms with Crippen LogP contribution in [0.3, 0.4) is 0 Å². The molecule has 0 saturated carbocycles. The van der Waals surface area contributed by atoms with E-state index in [0.29, 0.717) is 0 Å². The Morgan fingerprint density at radius 2 is 1.33 bits per heavy atom. The molecule has 3 nitrogen and oxygen atoms in total. The number of nitrogens with zero attached hydrogens (tertiary/aromatic N) is 2. The van der Waals surface area contributed by atoms with Crippen LogP contribution in [0.4, 0.5) is 17.1 Å². The van der Waals surface area contributed by atoms with E-state index in [-0.39, 0.29) is 6.85 Å². The van der Waals surface area contributed by atoms with Crippen molar-refractivity contribution < 1.29 is 4.42 Å². The molecule has 250 valence electrons. The lowest BCUT2D eigenvalue weighted by molar-refractivity contribution is 0.669. The number of aryl methyl sites for hydroxylation is 2. The zero-order valence-corrected chi connectivity index (χ0v) is 29.7. The van der Waals surface area contributed by atoms with Crippen molar-refractivity contribution in [2.75, 3.05) is 4.90 Å². The third kappa shape index (κ3) is 4.09. The average Bonchev–Trinajstić information content (AvgIpc) is 3.73. The first kappa shape index (κ1) is 29.9. The maximum absolute atomic E-state index is 6.84. The van der Waals surface area contributed by atoms with E-state index in [0.717, 1.165) is 24.0 Å². The Kier molecular flexibility index (Phi) is 6.56. The summed E-state index contributed by atoms with van der Waals surface area (Å²) < 4.78 is 9.50. The van der Waals surface area contributed by atoms with Gasteiger partial charge < -0.3 is 13.8 Å². The van der Waals surface area contributed by atoms with Crippen molar-refractivity contribution >= 4 is 89.4 Å². The second-order valence-electron chi connectivity index (χ2n) is 14.9. The predicted octanol–water partition coefficient (Wildman–Crippen LogP) is 11.9. The molecule has 0 bridgehead atoms. The lowest BCUT2D eigenvalue weighted by Gasteiger charge is -2.41. The van der Waals surface area contributed by atoms with Gasteiger partial charge in [-0.25, -0.2) is 0 Å². The molecule has 0 atom stereocenters. The molecule has 0 aliphatic carbocycles. The molecule has 0 amide bonds. The van der Waals surface area contributed by atoms with Gasteiger partial charge in [0.1, 0.15) is 11.2 Å². The highest BCUT2D eigenvalue weighted by Crippen LogP contribution is 2.50.